The van der Waals surface area contributed by atoms with Gasteiger partial charge in [-0.25, -0.2) is 15.8 Å². The van der Waals surface area contributed by atoms with E-state index in [9.17, 15) is 0 Å². The molecule has 0 saturated carbocycles. The van der Waals surface area contributed by atoms with Crippen LogP contribution in [0.4, 0.5) is 11.6 Å². The van der Waals surface area contributed by atoms with Crippen molar-refractivity contribution in [1.82, 2.24) is 19.7 Å². The zero-order valence-electron chi connectivity index (χ0n) is 11.2. The van der Waals surface area contributed by atoms with Crippen molar-refractivity contribution in [2.75, 3.05) is 17.3 Å². The summed E-state index contributed by atoms with van der Waals surface area (Å²) in [6, 6.07) is 1.92. The minimum Gasteiger partial charge on any atom is -0.370 e. The van der Waals surface area contributed by atoms with Crippen molar-refractivity contribution in [1.29, 1.82) is 0 Å². The van der Waals surface area contributed by atoms with E-state index < -0.39 is 0 Å². The highest BCUT2D eigenvalue weighted by Gasteiger charge is 2.07. The van der Waals surface area contributed by atoms with E-state index in [0.717, 1.165) is 30.9 Å². The van der Waals surface area contributed by atoms with E-state index in [2.05, 4.69) is 25.8 Å². The van der Waals surface area contributed by atoms with Crippen molar-refractivity contribution < 1.29 is 0 Å². The number of nitrogens with zero attached hydrogens (tertiary/aromatic N) is 4. The first-order valence-corrected chi connectivity index (χ1v) is 6.24. The Morgan fingerprint density at radius 2 is 2.05 bits per heavy atom. The fourth-order valence-electron chi connectivity index (χ4n) is 1.82. The summed E-state index contributed by atoms with van der Waals surface area (Å²) in [6.07, 6.45) is 4.71. The van der Waals surface area contributed by atoms with Crippen LogP contribution in [0.25, 0.3) is 0 Å². The van der Waals surface area contributed by atoms with Crippen molar-refractivity contribution in [3.05, 3.63) is 29.8 Å². The summed E-state index contributed by atoms with van der Waals surface area (Å²) in [5, 5.41) is 7.46. The molecule has 2 aromatic heterocycles. The van der Waals surface area contributed by atoms with Gasteiger partial charge >= 0.3 is 0 Å². The van der Waals surface area contributed by atoms with Crippen LogP contribution < -0.4 is 16.6 Å². The van der Waals surface area contributed by atoms with Crippen molar-refractivity contribution in [2.45, 2.75) is 26.8 Å². The largest absolute Gasteiger partial charge is 0.370 e. The number of nitrogen functional groups attached to an aromatic ring is 1. The average Bonchev–Trinajstić information content (AvgIpc) is 2.91. The quantitative estimate of drug-likeness (QED) is 0.409. The Morgan fingerprint density at radius 1 is 1.26 bits per heavy atom. The van der Waals surface area contributed by atoms with Crippen LogP contribution in [0.3, 0.4) is 0 Å². The van der Waals surface area contributed by atoms with Gasteiger partial charge in [-0.1, -0.05) is 0 Å². The summed E-state index contributed by atoms with van der Waals surface area (Å²) in [4.78, 5) is 8.60. The SMILES string of the molecule is Cc1nc(NN)c(C)c(NCCCn2cccn2)n1. The van der Waals surface area contributed by atoms with E-state index >= 15 is 0 Å². The fraction of sp³-hybridized carbons (Fsp3) is 0.417. The molecule has 2 aromatic rings. The smallest absolute Gasteiger partial charge is 0.148 e. The first kappa shape index (κ1) is 13.3. The van der Waals surface area contributed by atoms with Gasteiger partial charge in [0.15, 0.2) is 0 Å². The maximum absolute atomic E-state index is 5.43. The zero-order valence-corrected chi connectivity index (χ0v) is 11.2. The predicted octanol–water partition coefficient (Wildman–Crippen LogP) is 1.08. The van der Waals surface area contributed by atoms with E-state index in [1.165, 1.54) is 0 Å². The van der Waals surface area contributed by atoms with E-state index in [-0.39, 0.29) is 0 Å². The number of nitrogens with two attached hydrogens (primary N) is 1. The van der Waals surface area contributed by atoms with Crippen molar-refractivity contribution in [3.63, 3.8) is 0 Å². The summed E-state index contributed by atoms with van der Waals surface area (Å²) in [5.74, 6) is 7.59. The minimum atomic E-state index is 0.655. The monoisotopic (exact) mass is 261 g/mol. The van der Waals surface area contributed by atoms with Gasteiger partial charge in [-0.05, 0) is 26.3 Å². The number of nitrogens with one attached hydrogen (secondary N) is 2. The standard InChI is InChI=1S/C12H19N7/c1-9-11(16-10(2)17-12(9)18-13)14-5-3-7-19-8-4-6-15-19/h4,6,8H,3,5,7,13H2,1-2H3,(H2,14,16,17,18). The molecule has 7 heteroatoms. The Labute approximate surface area is 112 Å². The molecule has 0 bridgehead atoms. The highest BCUT2D eigenvalue weighted by molar-refractivity contribution is 5.56. The molecule has 0 aliphatic heterocycles. The van der Waals surface area contributed by atoms with Crippen LogP contribution in [0, 0.1) is 13.8 Å². The second-order valence-electron chi connectivity index (χ2n) is 4.29. The molecule has 0 amide bonds. The van der Waals surface area contributed by atoms with Gasteiger partial charge in [-0.2, -0.15) is 5.10 Å². The summed E-state index contributed by atoms with van der Waals surface area (Å²) in [5.41, 5.74) is 3.51. The molecule has 0 radical (unpaired) electrons. The molecule has 4 N–H and O–H groups in total. The van der Waals surface area contributed by atoms with Gasteiger partial charge in [0, 0.05) is 31.0 Å². The second kappa shape index (κ2) is 6.14. The topological polar surface area (TPSA) is 93.7 Å². The highest BCUT2D eigenvalue weighted by atomic mass is 15.3. The third kappa shape index (κ3) is 3.41. The lowest BCUT2D eigenvalue weighted by atomic mass is 10.3. The molecule has 0 aliphatic carbocycles. The van der Waals surface area contributed by atoms with Crippen LogP contribution in [0.1, 0.15) is 17.8 Å². The van der Waals surface area contributed by atoms with Gasteiger partial charge in [0.25, 0.3) is 0 Å². The Balaban J connectivity index is 1.90. The van der Waals surface area contributed by atoms with Gasteiger partial charge in [0.2, 0.25) is 0 Å². The lowest BCUT2D eigenvalue weighted by molar-refractivity contribution is 0.591. The van der Waals surface area contributed by atoms with Crippen LogP contribution in [0.5, 0.6) is 0 Å². The molecule has 0 saturated heterocycles. The average molecular weight is 261 g/mol. The second-order valence-corrected chi connectivity index (χ2v) is 4.29. The molecular weight excluding hydrogens is 242 g/mol. The number of aromatic nitrogens is 4. The molecule has 0 fully saturated rings. The number of aryl methyl sites for hydroxylation is 2. The molecule has 0 spiro atoms. The van der Waals surface area contributed by atoms with Gasteiger partial charge < -0.3 is 10.7 Å². The number of rotatable bonds is 6. The lowest BCUT2D eigenvalue weighted by Crippen LogP contribution is -2.15. The Hall–Kier alpha value is -2.15. The molecule has 0 atom stereocenters. The molecule has 0 aromatic carbocycles. The number of hydrogen-bond acceptors (Lipinski definition) is 6. The number of hydrogen-bond donors (Lipinski definition) is 3. The van der Waals surface area contributed by atoms with Gasteiger partial charge in [-0.15, -0.1) is 0 Å². The molecule has 19 heavy (non-hydrogen) atoms. The molecule has 102 valence electrons. The Morgan fingerprint density at radius 3 is 2.74 bits per heavy atom. The van der Waals surface area contributed by atoms with Gasteiger partial charge in [0.05, 0.1) is 0 Å². The maximum Gasteiger partial charge on any atom is 0.148 e. The predicted molar refractivity (Wildman–Crippen MR) is 74.6 cm³/mol. The van der Waals surface area contributed by atoms with Crippen LogP contribution in [0.15, 0.2) is 18.5 Å². The summed E-state index contributed by atoms with van der Waals surface area (Å²) >= 11 is 0. The molecule has 2 heterocycles. The normalized spacial score (nSPS) is 10.5. The number of anilines is 2. The molecule has 0 aliphatic rings. The van der Waals surface area contributed by atoms with E-state index in [1.807, 2.05) is 30.8 Å². The first-order valence-electron chi connectivity index (χ1n) is 6.24. The van der Waals surface area contributed by atoms with Crippen molar-refractivity contribution in [3.8, 4) is 0 Å². The molecular formula is C12H19N7. The summed E-state index contributed by atoms with van der Waals surface area (Å²) in [6.45, 7) is 5.48. The minimum absolute atomic E-state index is 0.655. The summed E-state index contributed by atoms with van der Waals surface area (Å²) in [7, 11) is 0. The van der Waals surface area contributed by atoms with Gasteiger partial charge in [0.1, 0.15) is 17.5 Å². The number of hydrazine groups is 1. The van der Waals surface area contributed by atoms with Crippen LogP contribution in [-0.2, 0) is 6.54 Å². The van der Waals surface area contributed by atoms with Crippen molar-refractivity contribution in [2.24, 2.45) is 5.84 Å². The highest BCUT2D eigenvalue weighted by Crippen LogP contribution is 2.18. The van der Waals surface area contributed by atoms with Crippen LogP contribution in [0.2, 0.25) is 0 Å². The van der Waals surface area contributed by atoms with E-state index in [4.69, 9.17) is 5.84 Å². The van der Waals surface area contributed by atoms with E-state index in [0.29, 0.717) is 11.6 Å². The lowest BCUT2D eigenvalue weighted by Gasteiger charge is -2.12. The van der Waals surface area contributed by atoms with Crippen LogP contribution >= 0.6 is 0 Å². The van der Waals surface area contributed by atoms with Crippen LogP contribution in [-0.4, -0.2) is 26.3 Å². The molecule has 7 nitrogen and oxygen atoms in total. The third-order valence-electron chi connectivity index (χ3n) is 2.81. The Kier molecular flexibility index (Phi) is 4.30. The van der Waals surface area contributed by atoms with E-state index in [1.54, 1.807) is 6.20 Å². The van der Waals surface area contributed by atoms with Crippen molar-refractivity contribution >= 4 is 11.6 Å². The van der Waals surface area contributed by atoms with Gasteiger partial charge in [-0.3, -0.25) is 4.68 Å². The third-order valence-corrected chi connectivity index (χ3v) is 2.81. The Bertz CT molecular complexity index is 521. The zero-order chi connectivity index (χ0) is 13.7. The summed E-state index contributed by atoms with van der Waals surface area (Å²) < 4.78 is 1.91. The maximum atomic E-state index is 5.43. The molecule has 2 rings (SSSR count). The fourth-order valence-corrected chi connectivity index (χ4v) is 1.82. The molecule has 0 unspecified atom stereocenters. The first-order chi connectivity index (χ1) is 9.20.